The molecule has 2 aromatic heterocycles. The maximum absolute atomic E-state index is 13.1. The summed E-state index contributed by atoms with van der Waals surface area (Å²) in [6, 6.07) is 0. The molecule has 0 aliphatic heterocycles. The molecule has 15 heavy (non-hydrogen) atoms. The van der Waals surface area contributed by atoms with E-state index >= 15 is 0 Å². The molecule has 2 rings (SSSR count). The summed E-state index contributed by atoms with van der Waals surface area (Å²) < 4.78 is 14.6. The molecule has 0 atom stereocenters. The smallest absolute Gasteiger partial charge is 0.181 e. The molecule has 0 radical (unpaired) electrons. The fourth-order valence-electron chi connectivity index (χ4n) is 1.11. The summed E-state index contributed by atoms with van der Waals surface area (Å²) in [5.41, 5.74) is 0.227. The zero-order chi connectivity index (χ0) is 10.8. The lowest BCUT2D eigenvalue weighted by Gasteiger charge is -2.03. The van der Waals surface area contributed by atoms with Gasteiger partial charge in [0, 0.05) is 0 Å². The van der Waals surface area contributed by atoms with E-state index in [0.717, 1.165) is 0 Å². The third kappa shape index (κ3) is 2.10. The number of rotatable bonds is 2. The second-order valence-corrected chi connectivity index (χ2v) is 3.28. The molecule has 5 nitrogen and oxygen atoms in total. The highest BCUT2D eigenvalue weighted by molar-refractivity contribution is 6.29. The first-order valence-corrected chi connectivity index (χ1v) is 4.55. The van der Waals surface area contributed by atoms with Gasteiger partial charge in [-0.1, -0.05) is 11.6 Å². The van der Waals surface area contributed by atoms with Gasteiger partial charge in [-0.25, -0.2) is 24.0 Å². The summed E-state index contributed by atoms with van der Waals surface area (Å²) >= 11 is 5.59. The van der Waals surface area contributed by atoms with Gasteiger partial charge in [0.1, 0.15) is 19.2 Å². The van der Waals surface area contributed by atoms with Gasteiger partial charge in [0.2, 0.25) is 0 Å². The summed E-state index contributed by atoms with van der Waals surface area (Å²) in [6.07, 6.45) is 2.92. The highest BCUT2D eigenvalue weighted by Gasteiger charge is 2.09. The molecule has 0 fully saturated rings. The van der Waals surface area contributed by atoms with Crippen LogP contribution in [-0.2, 0) is 6.54 Å². The second-order valence-electron chi connectivity index (χ2n) is 2.92. The molecular weight excluding hydrogens is 221 g/mol. The molecule has 0 bridgehead atoms. The lowest BCUT2D eigenvalue weighted by Crippen LogP contribution is -2.07. The minimum absolute atomic E-state index is 0.169. The molecule has 0 aliphatic rings. The van der Waals surface area contributed by atoms with Crippen LogP contribution in [0.1, 0.15) is 11.5 Å². The average molecular weight is 228 g/mol. The van der Waals surface area contributed by atoms with Crippen LogP contribution in [0.5, 0.6) is 0 Å². The minimum atomic E-state index is -0.584. The third-order valence-electron chi connectivity index (χ3n) is 1.79. The summed E-state index contributed by atoms with van der Waals surface area (Å²) in [5.74, 6) is -0.177. The Kier molecular flexibility index (Phi) is 2.59. The van der Waals surface area contributed by atoms with E-state index < -0.39 is 5.82 Å². The van der Waals surface area contributed by atoms with E-state index in [0.29, 0.717) is 12.4 Å². The van der Waals surface area contributed by atoms with Crippen LogP contribution in [0.2, 0.25) is 5.15 Å². The Morgan fingerprint density at radius 3 is 2.87 bits per heavy atom. The van der Waals surface area contributed by atoms with Crippen molar-refractivity contribution in [3.63, 3.8) is 0 Å². The van der Waals surface area contributed by atoms with E-state index in [1.165, 1.54) is 24.3 Å². The molecule has 0 unspecified atom stereocenters. The molecule has 0 aromatic carbocycles. The molecule has 2 aromatic rings. The molecule has 0 spiro atoms. The lowest BCUT2D eigenvalue weighted by atomic mass is 10.4. The Balaban J connectivity index is 2.30. The normalized spacial score (nSPS) is 10.6. The van der Waals surface area contributed by atoms with Crippen molar-refractivity contribution < 1.29 is 4.39 Å². The predicted molar refractivity (Wildman–Crippen MR) is 50.9 cm³/mol. The average Bonchev–Trinajstić information content (AvgIpc) is 2.66. The molecule has 0 N–H and O–H groups in total. The zero-order valence-corrected chi connectivity index (χ0v) is 8.61. The number of halogens is 2. The topological polar surface area (TPSA) is 56.5 Å². The van der Waals surface area contributed by atoms with Crippen LogP contribution in [0.4, 0.5) is 4.39 Å². The molecule has 0 amide bonds. The quantitative estimate of drug-likeness (QED) is 0.724. The Hall–Kier alpha value is -1.56. The number of aryl methyl sites for hydroxylation is 1. The summed E-state index contributed by atoms with van der Waals surface area (Å²) in [7, 11) is 0. The van der Waals surface area contributed by atoms with Crippen molar-refractivity contribution in [1.82, 2.24) is 24.7 Å². The number of hydrogen-bond acceptors (Lipinski definition) is 4. The van der Waals surface area contributed by atoms with Gasteiger partial charge in [0.15, 0.2) is 16.8 Å². The van der Waals surface area contributed by atoms with Gasteiger partial charge in [-0.3, -0.25) is 0 Å². The Labute approximate surface area is 90.0 Å². The van der Waals surface area contributed by atoms with Gasteiger partial charge in [0.05, 0.1) is 5.69 Å². The van der Waals surface area contributed by atoms with Gasteiger partial charge in [0.25, 0.3) is 0 Å². The van der Waals surface area contributed by atoms with Crippen LogP contribution in [0.15, 0.2) is 12.7 Å². The fourth-order valence-corrected chi connectivity index (χ4v) is 1.34. The van der Waals surface area contributed by atoms with Crippen molar-refractivity contribution >= 4 is 11.6 Å². The third-order valence-corrected chi connectivity index (χ3v) is 2.04. The van der Waals surface area contributed by atoms with Crippen molar-refractivity contribution in [2.75, 3.05) is 0 Å². The van der Waals surface area contributed by atoms with Crippen LogP contribution in [0.3, 0.4) is 0 Å². The van der Waals surface area contributed by atoms with Crippen LogP contribution < -0.4 is 0 Å². The highest BCUT2D eigenvalue weighted by atomic mass is 35.5. The first-order valence-electron chi connectivity index (χ1n) is 4.17. The second kappa shape index (κ2) is 3.90. The maximum Gasteiger partial charge on any atom is 0.181 e. The fraction of sp³-hybridized carbons (Fsp3) is 0.250. The number of aromatic nitrogens is 5. The molecule has 0 saturated heterocycles. The first-order chi connectivity index (χ1) is 7.16. The summed E-state index contributed by atoms with van der Waals surface area (Å²) in [6.45, 7) is 1.86. The van der Waals surface area contributed by atoms with E-state index in [1.807, 2.05) is 0 Å². The van der Waals surface area contributed by atoms with Crippen molar-refractivity contribution in [3.8, 4) is 0 Å². The van der Waals surface area contributed by atoms with E-state index in [-0.39, 0.29) is 10.8 Å². The van der Waals surface area contributed by atoms with E-state index in [9.17, 15) is 4.39 Å². The maximum atomic E-state index is 13.1. The summed E-state index contributed by atoms with van der Waals surface area (Å²) in [5, 5.41) is 3.71. The van der Waals surface area contributed by atoms with Gasteiger partial charge in [-0.2, -0.15) is 5.10 Å². The van der Waals surface area contributed by atoms with E-state index in [1.54, 1.807) is 0 Å². The van der Waals surface area contributed by atoms with Crippen molar-refractivity contribution in [2.24, 2.45) is 0 Å². The monoisotopic (exact) mass is 227 g/mol. The molecule has 2 heterocycles. The van der Waals surface area contributed by atoms with Crippen molar-refractivity contribution in [2.45, 2.75) is 13.5 Å². The standard InChI is InChI=1S/C8H7ClFN5/c1-5-7(10)8(9)14-6(13-5)2-15-4-11-3-12-15/h3-4H,2H2,1H3. The van der Waals surface area contributed by atoms with Gasteiger partial charge >= 0.3 is 0 Å². The minimum Gasteiger partial charge on any atom is -0.245 e. The predicted octanol–water partition coefficient (Wildman–Crippen LogP) is 1.22. The van der Waals surface area contributed by atoms with Crippen LogP contribution in [-0.4, -0.2) is 24.7 Å². The van der Waals surface area contributed by atoms with Gasteiger partial charge in [-0.05, 0) is 6.92 Å². The van der Waals surface area contributed by atoms with E-state index in [4.69, 9.17) is 11.6 Å². The van der Waals surface area contributed by atoms with Crippen LogP contribution >= 0.6 is 11.6 Å². The molecule has 0 aliphatic carbocycles. The van der Waals surface area contributed by atoms with Crippen molar-refractivity contribution in [1.29, 1.82) is 0 Å². The molecule has 7 heteroatoms. The Morgan fingerprint density at radius 2 is 2.27 bits per heavy atom. The molecule has 0 saturated carbocycles. The molecular formula is C8H7ClFN5. The van der Waals surface area contributed by atoms with Gasteiger partial charge in [-0.15, -0.1) is 0 Å². The van der Waals surface area contributed by atoms with Gasteiger partial charge < -0.3 is 0 Å². The summed E-state index contributed by atoms with van der Waals surface area (Å²) in [4.78, 5) is 11.5. The first kappa shape index (κ1) is 9.97. The number of nitrogens with zero attached hydrogens (tertiary/aromatic N) is 5. The SMILES string of the molecule is Cc1nc(Cn2cncn2)nc(Cl)c1F. The largest absolute Gasteiger partial charge is 0.245 e. The highest BCUT2D eigenvalue weighted by Crippen LogP contribution is 2.13. The van der Waals surface area contributed by atoms with Crippen molar-refractivity contribution in [3.05, 3.63) is 35.1 Å². The Bertz CT molecular complexity index is 447. The van der Waals surface area contributed by atoms with Crippen LogP contribution in [0.25, 0.3) is 0 Å². The molecule has 78 valence electrons. The van der Waals surface area contributed by atoms with Crippen LogP contribution in [0, 0.1) is 12.7 Å². The number of hydrogen-bond donors (Lipinski definition) is 0. The van der Waals surface area contributed by atoms with E-state index in [2.05, 4.69) is 20.1 Å². The lowest BCUT2D eigenvalue weighted by molar-refractivity contribution is 0.584. The zero-order valence-electron chi connectivity index (χ0n) is 7.85. The Morgan fingerprint density at radius 1 is 1.47 bits per heavy atom.